The summed E-state index contributed by atoms with van der Waals surface area (Å²) in [5.74, 6) is 0. The lowest BCUT2D eigenvalue weighted by atomic mass is 9.68. The van der Waals surface area contributed by atoms with Crippen LogP contribution in [0.15, 0.2) is 276 Å². The summed E-state index contributed by atoms with van der Waals surface area (Å²) in [6.45, 7) is 0. The van der Waals surface area contributed by atoms with Crippen LogP contribution in [0.25, 0.3) is 98.4 Å². The van der Waals surface area contributed by atoms with Gasteiger partial charge in [0.1, 0.15) is 22.3 Å². The largest absolute Gasteiger partial charge is 0.456 e. The minimum atomic E-state index is -0.682. The third-order valence-corrected chi connectivity index (χ3v) is 16.8. The Hall–Kier alpha value is -10.2. The van der Waals surface area contributed by atoms with E-state index in [1.54, 1.807) is 0 Å². The summed E-state index contributed by atoms with van der Waals surface area (Å²) in [7, 11) is 0. The van der Waals surface area contributed by atoms with Crippen molar-refractivity contribution in [2.24, 2.45) is 0 Å². The molecule has 0 radical (unpaired) electrons. The molecule has 77 heavy (non-hydrogen) atoms. The standard InChI is InChI=1S/C73H44N2O2/c1-3-21-45(22-4-1)74(61-35-19-39-66-69(61)55-31-13-17-37-64(55)76-66)47-41-42-54-57(43-47)48-25-7-9-29-52(48)68-58-44-63(75(46-23-5-2-6-24-46)62-36-20-40-67-70(62)56-32-14-18-38-65(56)77-67)51-28-8-10-30-53(51)71(58)73(72(54)68)59-33-15-11-26-49(59)50-27-12-16-34-60(50)73/h1-44H. The van der Waals surface area contributed by atoms with Crippen molar-refractivity contribution >= 4 is 110 Å². The number of anilines is 6. The van der Waals surface area contributed by atoms with Gasteiger partial charge in [-0.15, -0.1) is 0 Å². The van der Waals surface area contributed by atoms with Gasteiger partial charge < -0.3 is 18.6 Å². The van der Waals surface area contributed by atoms with Gasteiger partial charge >= 0.3 is 0 Å². The van der Waals surface area contributed by atoms with Gasteiger partial charge in [0.25, 0.3) is 0 Å². The third kappa shape index (κ3) is 5.71. The van der Waals surface area contributed by atoms with E-state index in [-0.39, 0.29) is 0 Å². The van der Waals surface area contributed by atoms with Crippen LogP contribution in [0.4, 0.5) is 34.1 Å². The molecule has 2 aromatic heterocycles. The van der Waals surface area contributed by atoms with Crippen molar-refractivity contribution < 1.29 is 8.83 Å². The van der Waals surface area contributed by atoms with Crippen LogP contribution in [0.2, 0.25) is 0 Å². The minimum Gasteiger partial charge on any atom is -0.456 e. The van der Waals surface area contributed by atoms with Crippen LogP contribution in [0.5, 0.6) is 0 Å². The molecule has 2 aliphatic carbocycles. The summed E-state index contributed by atoms with van der Waals surface area (Å²) in [5, 5.41) is 11.6. The number of hydrogen-bond donors (Lipinski definition) is 0. The monoisotopic (exact) mass is 980 g/mol. The van der Waals surface area contributed by atoms with E-state index in [0.717, 1.165) is 78.0 Å². The van der Waals surface area contributed by atoms with Gasteiger partial charge in [0.05, 0.1) is 33.2 Å². The van der Waals surface area contributed by atoms with Gasteiger partial charge in [0, 0.05) is 33.2 Å². The fourth-order valence-electron chi connectivity index (χ4n) is 13.9. The Bertz CT molecular complexity index is 4910. The molecule has 17 rings (SSSR count). The van der Waals surface area contributed by atoms with Crippen LogP contribution in [0, 0.1) is 0 Å². The predicted molar refractivity (Wildman–Crippen MR) is 319 cm³/mol. The van der Waals surface area contributed by atoms with Gasteiger partial charge in [-0.2, -0.15) is 0 Å². The average Bonchev–Trinajstić information content (AvgIpc) is 3.36. The lowest BCUT2D eigenvalue weighted by Crippen LogP contribution is -2.26. The second kappa shape index (κ2) is 15.9. The van der Waals surface area contributed by atoms with Gasteiger partial charge in [0.2, 0.25) is 0 Å². The van der Waals surface area contributed by atoms with Crippen molar-refractivity contribution in [3.63, 3.8) is 0 Å². The topological polar surface area (TPSA) is 32.8 Å². The fraction of sp³-hybridized carbons (Fsp3) is 0.0137. The normalized spacial score (nSPS) is 13.0. The smallest absolute Gasteiger partial charge is 0.137 e. The van der Waals surface area contributed by atoms with E-state index >= 15 is 0 Å². The Morgan fingerprint density at radius 1 is 0.260 bits per heavy atom. The summed E-state index contributed by atoms with van der Waals surface area (Å²) >= 11 is 0. The van der Waals surface area contributed by atoms with Crippen molar-refractivity contribution in [2.75, 3.05) is 9.80 Å². The molecule has 0 aliphatic heterocycles. The van der Waals surface area contributed by atoms with Gasteiger partial charge in [-0.05, 0) is 150 Å². The van der Waals surface area contributed by atoms with E-state index in [0.29, 0.717) is 0 Å². The maximum absolute atomic E-state index is 6.61. The molecule has 2 heterocycles. The maximum Gasteiger partial charge on any atom is 0.137 e. The zero-order valence-corrected chi connectivity index (χ0v) is 41.6. The lowest BCUT2D eigenvalue weighted by Gasteiger charge is -2.34. The second-order valence-electron chi connectivity index (χ2n) is 20.6. The molecule has 0 N–H and O–H groups in total. The number of rotatable bonds is 6. The van der Waals surface area contributed by atoms with Crippen LogP contribution in [0.1, 0.15) is 22.3 Å². The molecule has 0 unspecified atom stereocenters. The number of benzene rings is 13. The maximum atomic E-state index is 6.61. The molecule has 13 aromatic carbocycles. The predicted octanol–water partition coefficient (Wildman–Crippen LogP) is 20.2. The highest BCUT2D eigenvalue weighted by atomic mass is 16.3. The highest BCUT2D eigenvalue weighted by Gasteiger charge is 2.54. The Labute approximate surface area is 443 Å². The van der Waals surface area contributed by atoms with Crippen molar-refractivity contribution in [3.05, 3.63) is 289 Å². The molecule has 0 saturated heterocycles. The zero-order chi connectivity index (χ0) is 50.3. The molecule has 0 amide bonds. The van der Waals surface area contributed by atoms with E-state index < -0.39 is 5.41 Å². The fourth-order valence-corrected chi connectivity index (χ4v) is 13.9. The number of fused-ring (bicyclic) bond motifs is 23. The van der Waals surface area contributed by atoms with Gasteiger partial charge in [-0.1, -0.05) is 188 Å². The molecule has 2 aliphatic rings. The number of furan rings is 2. The number of nitrogens with zero attached hydrogens (tertiary/aromatic N) is 2. The van der Waals surface area contributed by atoms with E-state index in [9.17, 15) is 0 Å². The van der Waals surface area contributed by atoms with Crippen molar-refractivity contribution in [3.8, 4) is 22.3 Å². The third-order valence-electron chi connectivity index (χ3n) is 16.8. The molecule has 4 nitrogen and oxygen atoms in total. The van der Waals surface area contributed by atoms with E-state index in [1.165, 1.54) is 76.8 Å². The quantitative estimate of drug-likeness (QED) is 0.155. The van der Waals surface area contributed by atoms with E-state index in [2.05, 4.69) is 271 Å². The highest BCUT2D eigenvalue weighted by molar-refractivity contribution is 6.24. The summed E-state index contributed by atoms with van der Waals surface area (Å²) in [5.41, 5.74) is 19.5. The Morgan fingerprint density at radius 2 is 0.727 bits per heavy atom. The molecule has 0 fully saturated rings. The Kier molecular flexibility index (Phi) is 8.73. The molecule has 0 saturated carbocycles. The Morgan fingerprint density at radius 3 is 1.35 bits per heavy atom. The molecular weight excluding hydrogens is 937 g/mol. The van der Waals surface area contributed by atoms with Crippen LogP contribution in [-0.2, 0) is 5.41 Å². The first-order chi connectivity index (χ1) is 38.2. The van der Waals surface area contributed by atoms with Crippen molar-refractivity contribution in [1.82, 2.24) is 0 Å². The van der Waals surface area contributed by atoms with Crippen molar-refractivity contribution in [2.45, 2.75) is 5.41 Å². The first kappa shape index (κ1) is 42.2. The van der Waals surface area contributed by atoms with Gasteiger partial charge in [-0.3, -0.25) is 0 Å². The Balaban J connectivity index is 1.02. The highest BCUT2D eigenvalue weighted by Crippen LogP contribution is 2.68. The van der Waals surface area contributed by atoms with E-state index in [4.69, 9.17) is 8.83 Å². The van der Waals surface area contributed by atoms with Gasteiger partial charge in [0.15, 0.2) is 0 Å². The summed E-state index contributed by atoms with van der Waals surface area (Å²) in [6, 6.07) is 97.8. The summed E-state index contributed by atoms with van der Waals surface area (Å²) in [4.78, 5) is 4.89. The van der Waals surface area contributed by atoms with Crippen LogP contribution >= 0.6 is 0 Å². The van der Waals surface area contributed by atoms with Crippen LogP contribution < -0.4 is 9.80 Å². The molecule has 358 valence electrons. The minimum absolute atomic E-state index is 0.682. The second-order valence-corrected chi connectivity index (χ2v) is 20.6. The van der Waals surface area contributed by atoms with E-state index in [1.807, 2.05) is 6.07 Å². The van der Waals surface area contributed by atoms with Gasteiger partial charge in [-0.25, -0.2) is 0 Å². The van der Waals surface area contributed by atoms with Crippen molar-refractivity contribution in [1.29, 1.82) is 0 Å². The molecule has 1 spiro atoms. The average molecular weight is 981 g/mol. The molecule has 0 bridgehead atoms. The summed E-state index contributed by atoms with van der Waals surface area (Å²) in [6.07, 6.45) is 0. The zero-order valence-electron chi connectivity index (χ0n) is 41.6. The first-order valence-electron chi connectivity index (χ1n) is 26.5. The molecule has 15 aromatic rings. The summed E-state index contributed by atoms with van der Waals surface area (Å²) < 4.78 is 13.2. The number of para-hydroxylation sites is 4. The SMILES string of the molecule is c1ccc(N(c2ccc3c4c(c5ccccc5c3c2)-c2cc(N(c3ccccc3)c3cccc5oc6ccccc6c35)c3ccccc3c2C42c3ccccc3-c3ccccc32)c2cccc3oc4ccccc4c23)cc1. The lowest BCUT2D eigenvalue weighted by molar-refractivity contribution is 0.668. The van der Waals surface area contributed by atoms with Crippen LogP contribution in [0.3, 0.4) is 0 Å². The number of hydrogen-bond acceptors (Lipinski definition) is 4. The first-order valence-corrected chi connectivity index (χ1v) is 26.5. The molecular formula is C73H44N2O2. The molecule has 0 atom stereocenters. The van der Waals surface area contributed by atoms with Crippen LogP contribution in [-0.4, -0.2) is 0 Å². The molecule has 4 heteroatoms.